The lowest BCUT2D eigenvalue weighted by molar-refractivity contribution is -0.113. The van der Waals surface area contributed by atoms with Gasteiger partial charge in [-0.1, -0.05) is 31.0 Å². The number of rotatable bonds is 6. The number of hydrogen-bond donors (Lipinski definition) is 1. The van der Waals surface area contributed by atoms with E-state index in [9.17, 15) is 4.79 Å². The molecular weight excluding hydrogens is 394 g/mol. The number of anilines is 1. The van der Waals surface area contributed by atoms with Crippen molar-refractivity contribution in [1.29, 1.82) is 5.26 Å². The summed E-state index contributed by atoms with van der Waals surface area (Å²) in [5.74, 6) is 1.43. The fourth-order valence-corrected chi connectivity index (χ4v) is 4.96. The molecule has 0 radical (unpaired) electrons. The number of aromatic nitrogens is 3. The molecule has 1 amide bonds. The van der Waals surface area contributed by atoms with Crippen molar-refractivity contribution in [2.75, 3.05) is 11.1 Å². The lowest BCUT2D eigenvalue weighted by atomic mass is 9.95. The lowest BCUT2D eigenvalue weighted by Crippen LogP contribution is -2.17. The molecule has 1 fully saturated rings. The molecule has 1 aliphatic carbocycles. The van der Waals surface area contributed by atoms with Crippen LogP contribution in [-0.2, 0) is 4.79 Å². The Morgan fingerprint density at radius 1 is 1.36 bits per heavy atom. The van der Waals surface area contributed by atoms with Crippen LogP contribution in [0.4, 0.5) is 5.00 Å². The van der Waals surface area contributed by atoms with Gasteiger partial charge < -0.3 is 9.73 Å². The molecular formula is C19H19N5O2S2. The van der Waals surface area contributed by atoms with Gasteiger partial charge >= 0.3 is 0 Å². The quantitative estimate of drug-likeness (QED) is 0.588. The third-order valence-corrected chi connectivity index (χ3v) is 6.49. The Bertz CT molecular complexity index is 981. The standard InChI is InChI=1S/C19H19N5O2S2/c20-11-13-8-10-27-18(13)21-16(25)12-28-19-23-22-17(15-7-4-9-26-15)24(19)14-5-2-1-3-6-14/h4,7-10,14H,1-3,5-6,12H2,(H,21,25). The highest BCUT2D eigenvalue weighted by Crippen LogP contribution is 2.35. The van der Waals surface area contributed by atoms with Gasteiger partial charge in [-0.15, -0.1) is 21.5 Å². The van der Waals surface area contributed by atoms with Crippen molar-refractivity contribution < 1.29 is 9.21 Å². The van der Waals surface area contributed by atoms with Gasteiger partial charge in [-0.25, -0.2) is 0 Å². The van der Waals surface area contributed by atoms with Crippen molar-refractivity contribution in [2.45, 2.75) is 43.3 Å². The minimum absolute atomic E-state index is 0.165. The van der Waals surface area contributed by atoms with E-state index >= 15 is 0 Å². The Kier molecular flexibility index (Phi) is 5.78. The van der Waals surface area contributed by atoms with Crippen LogP contribution in [0.2, 0.25) is 0 Å². The van der Waals surface area contributed by atoms with Crippen molar-refractivity contribution in [3.8, 4) is 17.7 Å². The summed E-state index contributed by atoms with van der Waals surface area (Å²) in [4.78, 5) is 12.4. The number of thiophene rings is 1. The number of amides is 1. The fourth-order valence-electron chi connectivity index (χ4n) is 3.40. The summed E-state index contributed by atoms with van der Waals surface area (Å²) in [6.07, 6.45) is 7.39. The Morgan fingerprint density at radius 2 is 2.21 bits per heavy atom. The van der Waals surface area contributed by atoms with E-state index in [2.05, 4.69) is 26.2 Å². The van der Waals surface area contributed by atoms with Gasteiger partial charge in [0, 0.05) is 6.04 Å². The van der Waals surface area contributed by atoms with Gasteiger partial charge in [-0.05, 0) is 36.4 Å². The molecule has 0 bridgehead atoms. The van der Waals surface area contributed by atoms with Crippen LogP contribution in [-0.4, -0.2) is 26.4 Å². The number of furan rings is 1. The monoisotopic (exact) mass is 413 g/mol. The van der Waals surface area contributed by atoms with Gasteiger partial charge in [0.15, 0.2) is 10.9 Å². The summed E-state index contributed by atoms with van der Waals surface area (Å²) in [6.45, 7) is 0. The molecule has 9 heteroatoms. The van der Waals surface area contributed by atoms with Crippen LogP contribution in [0.25, 0.3) is 11.6 Å². The van der Waals surface area contributed by atoms with E-state index in [0.29, 0.717) is 28.2 Å². The summed E-state index contributed by atoms with van der Waals surface area (Å²) >= 11 is 2.70. The van der Waals surface area contributed by atoms with Crippen LogP contribution in [0.3, 0.4) is 0 Å². The fraction of sp³-hybridized carbons (Fsp3) is 0.368. The first-order chi connectivity index (χ1) is 13.8. The van der Waals surface area contributed by atoms with Crippen molar-refractivity contribution >= 4 is 34.0 Å². The molecule has 0 aliphatic heterocycles. The van der Waals surface area contributed by atoms with Crippen LogP contribution >= 0.6 is 23.1 Å². The smallest absolute Gasteiger partial charge is 0.235 e. The van der Waals surface area contributed by atoms with Crippen LogP contribution in [0.15, 0.2) is 39.4 Å². The molecule has 4 rings (SSSR count). The molecule has 0 atom stereocenters. The SMILES string of the molecule is N#Cc1ccsc1NC(=O)CSc1nnc(-c2ccco2)n1C1CCCCC1. The second-order valence-electron chi connectivity index (χ2n) is 6.56. The number of thioether (sulfide) groups is 1. The average molecular weight is 414 g/mol. The third-order valence-electron chi connectivity index (χ3n) is 4.72. The van der Waals surface area contributed by atoms with Crippen molar-refractivity contribution in [3.63, 3.8) is 0 Å². The van der Waals surface area contributed by atoms with Gasteiger partial charge in [0.1, 0.15) is 11.1 Å². The molecule has 1 N–H and O–H groups in total. The molecule has 1 aliphatic rings. The summed E-state index contributed by atoms with van der Waals surface area (Å²) in [5, 5.41) is 23.6. The Labute approximate surface area is 170 Å². The highest BCUT2D eigenvalue weighted by molar-refractivity contribution is 7.99. The zero-order valence-corrected chi connectivity index (χ0v) is 16.8. The first-order valence-electron chi connectivity index (χ1n) is 9.15. The second kappa shape index (κ2) is 8.63. The van der Waals surface area contributed by atoms with Gasteiger partial charge in [0.2, 0.25) is 11.7 Å². The van der Waals surface area contributed by atoms with Crippen LogP contribution in [0, 0.1) is 11.3 Å². The maximum Gasteiger partial charge on any atom is 0.235 e. The first-order valence-corrected chi connectivity index (χ1v) is 11.0. The number of nitrogens with one attached hydrogen (secondary N) is 1. The summed E-state index contributed by atoms with van der Waals surface area (Å²) in [6, 6.07) is 7.81. The molecule has 0 unspecified atom stereocenters. The molecule has 1 saturated carbocycles. The molecule has 3 heterocycles. The molecule has 0 aromatic carbocycles. The van der Waals surface area contributed by atoms with Gasteiger partial charge in [0.25, 0.3) is 0 Å². The molecule has 0 saturated heterocycles. The Balaban J connectivity index is 1.51. The highest BCUT2D eigenvalue weighted by Gasteiger charge is 2.25. The zero-order valence-electron chi connectivity index (χ0n) is 15.1. The summed E-state index contributed by atoms with van der Waals surface area (Å²) < 4.78 is 7.67. The lowest BCUT2D eigenvalue weighted by Gasteiger charge is -2.25. The number of hydrogen-bond acceptors (Lipinski definition) is 7. The van der Waals surface area contributed by atoms with E-state index in [1.165, 1.54) is 42.4 Å². The van der Waals surface area contributed by atoms with Crippen molar-refractivity contribution in [2.24, 2.45) is 0 Å². The van der Waals surface area contributed by atoms with E-state index in [1.54, 1.807) is 17.7 Å². The van der Waals surface area contributed by atoms with E-state index in [-0.39, 0.29) is 11.7 Å². The maximum atomic E-state index is 12.4. The predicted molar refractivity (Wildman–Crippen MR) is 108 cm³/mol. The van der Waals surface area contributed by atoms with Crippen LogP contribution in [0.1, 0.15) is 43.7 Å². The Morgan fingerprint density at radius 3 is 2.96 bits per heavy atom. The van der Waals surface area contributed by atoms with E-state index in [0.717, 1.165) is 18.0 Å². The third kappa shape index (κ3) is 3.98. The number of carbonyl (C=O) groups is 1. The number of nitriles is 1. The van der Waals surface area contributed by atoms with Crippen LogP contribution < -0.4 is 5.32 Å². The molecule has 7 nitrogen and oxygen atoms in total. The predicted octanol–water partition coefficient (Wildman–Crippen LogP) is 4.71. The van der Waals surface area contributed by atoms with E-state index in [4.69, 9.17) is 9.68 Å². The molecule has 3 aromatic rings. The minimum atomic E-state index is -0.165. The highest BCUT2D eigenvalue weighted by atomic mass is 32.2. The largest absolute Gasteiger partial charge is 0.461 e. The zero-order chi connectivity index (χ0) is 19.3. The number of nitrogens with zero attached hydrogens (tertiary/aromatic N) is 4. The average Bonchev–Trinajstić information content (AvgIpc) is 3.47. The molecule has 28 heavy (non-hydrogen) atoms. The van der Waals surface area contributed by atoms with Crippen LogP contribution in [0.5, 0.6) is 0 Å². The second-order valence-corrected chi connectivity index (χ2v) is 8.42. The van der Waals surface area contributed by atoms with Crippen molar-refractivity contribution in [3.05, 3.63) is 35.4 Å². The van der Waals surface area contributed by atoms with Gasteiger partial charge in [0.05, 0.1) is 17.6 Å². The first kappa shape index (κ1) is 18.8. The maximum absolute atomic E-state index is 12.4. The normalized spacial score (nSPS) is 14.7. The van der Waals surface area contributed by atoms with E-state index in [1.807, 2.05) is 12.1 Å². The summed E-state index contributed by atoms with van der Waals surface area (Å²) in [7, 11) is 0. The summed E-state index contributed by atoms with van der Waals surface area (Å²) in [5.41, 5.74) is 0.480. The minimum Gasteiger partial charge on any atom is -0.461 e. The molecule has 3 aromatic heterocycles. The topological polar surface area (TPSA) is 96.7 Å². The van der Waals surface area contributed by atoms with E-state index < -0.39 is 0 Å². The molecule has 0 spiro atoms. The van der Waals surface area contributed by atoms with Gasteiger partial charge in [-0.3, -0.25) is 9.36 Å². The molecule has 144 valence electrons. The van der Waals surface area contributed by atoms with Crippen molar-refractivity contribution in [1.82, 2.24) is 14.8 Å². The van der Waals surface area contributed by atoms with Gasteiger partial charge in [-0.2, -0.15) is 5.26 Å². The Hall–Kier alpha value is -2.57. The number of carbonyl (C=O) groups excluding carboxylic acids is 1.